The summed E-state index contributed by atoms with van der Waals surface area (Å²) in [6.07, 6.45) is 3.51. The number of nitrogens with zero attached hydrogens (tertiary/aromatic N) is 2. The number of anilines is 1. The number of aromatic nitrogens is 1. The zero-order valence-corrected chi connectivity index (χ0v) is 16.0. The first-order chi connectivity index (χ1) is 13.0. The van der Waals surface area contributed by atoms with Gasteiger partial charge < -0.3 is 5.32 Å². The van der Waals surface area contributed by atoms with Crippen LogP contribution in [0.15, 0.2) is 41.6 Å². The average Bonchev–Trinajstić information content (AvgIpc) is 2.68. The summed E-state index contributed by atoms with van der Waals surface area (Å²) in [7, 11) is 0. The van der Waals surface area contributed by atoms with Gasteiger partial charge in [0.25, 0.3) is 5.91 Å². The number of carbonyl (C=O) groups excluding carboxylic acids is 2. The van der Waals surface area contributed by atoms with Gasteiger partial charge in [0.1, 0.15) is 5.15 Å². The fourth-order valence-electron chi connectivity index (χ4n) is 3.13. The van der Waals surface area contributed by atoms with Gasteiger partial charge in [-0.3, -0.25) is 9.59 Å². The Hall–Kier alpha value is -2.73. The molecule has 0 fully saturated rings. The number of halogens is 1. The van der Waals surface area contributed by atoms with Crippen molar-refractivity contribution in [3.8, 4) is 0 Å². The van der Waals surface area contributed by atoms with Crippen LogP contribution in [0.1, 0.15) is 48.2 Å². The van der Waals surface area contributed by atoms with Crippen LogP contribution in [0, 0.1) is 5.92 Å². The molecular weight excluding hydrogens is 364 g/mol. The van der Waals surface area contributed by atoms with Crippen molar-refractivity contribution in [2.24, 2.45) is 11.0 Å². The van der Waals surface area contributed by atoms with E-state index in [1.165, 1.54) is 6.20 Å². The Bertz CT molecular complexity index is 893. The summed E-state index contributed by atoms with van der Waals surface area (Å²) in [6, 6.07) is 8.96. The molecule has 2 amide bonds. The molecule has 1 aromatic heterocycles. The zero-order valence-electron chi connectivity index (χ0n) is 15.3. The summed E-state index contributed by atoms with van der Waals surface area (Å²) >= 11 is 5.76. The van der Waals surface area contributed by atoms with E-state index in [9.17, 15) is 9.59 Å². The highest BCUT2D eigenvalue weighted by Gasteiger charge is 2.25. The Morgan fingerprint density at radius 1 is 1.30 bits per heavy atom. The largest absolute Gasteiger partial charge is 0.322 e. The van der Waals surface area contributed by atoms with E-state index in [1.807, 2.05) is 18.2 Å². The molecule has 6 nitrogen and oxygen atoms in total. The standard InChI is InChI=1S/C20H21ClN4O2/c1-3-12-9-15(23-20(27)14-5-8-17(21)22-11-14)6-7-16(12)19-13(4-2)10-18(26)24-25-19/h5-9,11,13H,3-4,10H2,1-2H3,(H,23,27)(H,24,26). The Balaban J connectivity index is 1.85. The lowest BCUT2D eigenvalue weighted by Crippen LogP contribution is -2.33. The van der Waals surface area contributed by atoms with E-state index < -0.39 is 0 Å². The van der Waals surface area contributed by atoms with Crippen LogP contribution in [0.4, 0.5) is 5.69 Å². The summed E-state index contributed by atoms with van der Waals surface area (Å²) in [5, 5.41) is 7.52. The minimum Gasteiger partial charge on any atom is -0.322 e. The molecule has 3 rings (SSSR count). The van der Waals surface area contributed by atoms with E-state index in [0.717, 1.165) is 29.7 Å². The lowest BCUT2D eigenvalue weighted by atomic mass is 9.87. The molecule has 140 valence electrons. The Morgan fingerprint density at radius 2 is 2.11 bits per heavy atom. The van der Waals surface area contributed by atoms with Crippen molar-refractivity contribution in [1.82, 2.24) is 10.4 Å². The molecule has 0 saturated heterocycles. The van der Waals surface area contributed by atoms with Gasteiger partial charge in [0.2, 0.25) is 5.91 Å². The normalized spacial score (nSPS) is 16.5. The molecule has 2 heterocycles. The van der Waals surface area contributed by atoms with E-state index >= 15 is 0 Å². The van der Waals surface area contributed by atoms with Crippen molar-refractivity contribution in [2.45, 2.75) is 33.1 Å². The van der Waals surface area contributed by atoms with Crippen molar-refractivity contribution in [3.05, 3.63) is 58.4 Å². The van der Waals surface area contributed by atoms with E-state index in [-0.39, 0.29) is 17.7 Å². The maximum Gasteiger partial charge on any atom is 0.257 e. The number of amides is 2. The molecule has 0 spiro atoms. The molecule has 7 heteroatoms. The topological polar surface area (TPSA) is 83.4 Å². The third-order valence-electron chi connectivity index (χ3n) is 4.62. The van der Waals surface area contributed by atoms with Gasteiger partial charge in [-0.1, -0.05) is 31.5 Å². The number of hydrazone groups is 1. The van der Waals surface area contributed by atoms with Crippen LogP contribution < -0.4 is 10.7 Å². The number of rotatable bonds is 5. The van der Waals surface area contributed by atoms with Crippen molar-refractivity contribution >= 4 is 34.8 Å². The Kier molecular flexibility index (Phi) is 5.86. The third-order valence-corrected chi connectivity index (χ3v) is 4.85. The number of hydrogen-bond donors (Lipinski definition) is 2. The highest BCUT2D eigenvalue weighted by molar-refractivity contribution is 6.29. The molecule has 0 radical (unpaired) electrons. The molecule has 0 bridgehead atoms. The smallest absolute Gasteiger partial charge is 0.257 e. The summed E-state index contributed by atoms with van der Waals surface area (Å²) in [6.45, 7) is 4.11. The average molecular weight is 385 g/mol. The number of aryl methyl sites for hydroxylation is 1. The van der Waals surface area contributed by atoms with Gasteiger partial charge in [0.05, 0.1) is 11.3 Å². The first-order valence-electron chi connectivity index (χ1n) is 8.94. The monoisotopic (exact) mass is 384 g/mol. The van der Waals surface area contributed by atoms with Gasteiger partial charge in [0, 0.05) is 29.8 Å². The molecule has 2 N–H and O–H groups in total. The van der Waals surface area contributed by atoms with Gasteiger partial charge in [0.15, 0.2) is 0 Å². The lowest BCUT2D eigenvalue weighted by molar-refractivity contribution is -0.122. The van der Waals surface area contributed by atoms with Crippen LogP contribution in [0.25, 0.3) is 0 Å². The number of benzene rings is 1. The molecule has 0 saturated carbocycles. The van der Waals surface area contributed by atoms with Gasteiger partial charge in [-0.15, -0.1) is 0 Å². The second kappa shape index (κ2) is 8.31. The molecule has 1 unspecified atom stereocenters. The summed E-state index contributed by atoms with van der Waals surface area (Å²) in [5.74, 6) is -0.198. The first kappa shape index (κ1) is 19.0. The van der Waals surface area contributed by atoms with Gasteiger partial charge in [-0.05, 0) is 42.7 Å². The third kappa shape index (κ3) is 4.34. The number of pyridine rings is 1. The van der Waals surface area contributed by atoms with Gasteiger partial charge >= 0.3 is 0 Å². The van der Waals surface area contributed by atoms with E-state index in [1.54, 1.807) is 12.1 Å². The fourth-order valence-corrected chi connectivity index (χ4v) is 3.24. The van der Waals surface area contributed by atoms with Crippen LogP contribution in [0.5, 0.6) is 0 Å². The molecule has 0 aliphatic carbocycles. The molecule has 1 aliphatic rings. The molecule has 2 aromatic rings. The van der Waals surface area contributed by atoms with Crippen LogP contribution in [0.2, 0.25) is 5.15 Å². The highest BCUT2D eigenvalue weighted by atomic mass is 35.5. The number of nitrogens with one attached hydrogen (secondary N) is 2. The van der Waals surface area contributed by atoms with Crippen LogP contribution in [-0.2, 0) is 11.2 Å². The zero-order chi connectivity index (χ0) is 19.4. The van der Waals surface area contributed by atoms with E-state index in [0.29, 0.717) is 22.8 Å². The van der Waals surface area contributed by atoms with Crippen LogP contribution >= 0.6 is 11.6 Å². The first-order valence-corrected chi connectivity index (χ1v) is 9.32. The quantitative estimate of drug-likeness (QED) is 0.769. The molecular formula is C20H21ClN4O2. The molecule has 27 heavy (non-hydrogen) atoms. The van der Waals surface area contributed by atoms with Crippen molar-refractivity contribution < 1.29 is 9.59 Å². The number of carbonyl (C=O) groups is 2. The minimum absolute atomic E-state index is 0.0518. The molecule has 1 atom stereocenters. The van der Waals surface area contributed by atoms with Gasteiger partial charge in [-0.2, -0.15) is 5.10 Å². The maximum atomic E-state index is 12.4. The summed E-state index contributed by atoms with van der Waals surface area (Å²) in [5.41, 5.74) is 6.69. The second-order valence-corrected chi connectivity index (χ2v) is 6.78. The summed E-state index contributed by atoms with van der Waals surface area (Å²) < 4.78 is 0. The second-order valence-electron chi connectivity index (χ2n) is 6.39. The summed E-state index contributed by atoms with van der Waals surface area (Å²) in [4.78, 5) is 27.9. The molecule has 1 aliphatic heterocycles. The molecule has 1 aromatic carbocycles. The predicted molar refractivity (Wildman–Crippen MR) is 106 cm³/mol. The highest BCUT2D eigenvalue weighted by Crippen LogP contribution is 2.25. The Morgan fingerprint density at radius 3 is 2.78 bits per heavy atom. The number of hydrogen-bond acceptors (Lipinski definition) is 4. The van der Waals surface area contributed by atoms with E-state index in [4.69, 9.17) is 11.6 Å². The van der Waals surface area contributed by atoms with Crippen molar-refractivity contribution in [1.29, 1.82) is 0 Å². The predicted octanol–water partition coefficient (Wildman–Crippen LogP) is 3.80. The SMILES string of the molecule is CCc1cc(NC(=O)c2ccc(Cl)nc2)ccc1C1=NNC(=O)CC1CC. The lowest BCUT2D eigenvalue weighted by Gasteiger charge is -2.23. The van der Waals surface area contributed by atoms with Crippen molar-refractivity contribution in [3.63, 3.8) is 0 Å². The van der Waals surface area contributed by atoms with Crippen LogP contribution in [0.3, 0.4) is 0 Å². The Labute approximate surface area is 163 Å². The minimum atomic E-state index is -0.248. The van der Waals surface area contributed by atoms with E-state index in [2.05, 4.69) is 34.7 Å². The fraction of sp³-hybridized carbons (Fsp3) is 0.300. The van der Waals surface area contributed by atoms with Crippen molar-refractivity contribution in [2.75, 3.05) is 5.32 Å². The van der Waals surface area contributed by atoms with Crippen LogP contribution in [-0.4, -0.2) is 22.5 Å². The van der Waals surface area contributed by atoms with Gasteiger partial charge in [-0.25, -0.2) is 10.4 Å². The maximum absolute atomic E-state index is 12.4.